The summed E-state index contributed by atoms with van der Waals surface area (Å²) in [7, 11) is 5.91. The van der Waals surface area contributed by atoms with Crippen molar-refractivity contribution in [3.63, 3.8) is 0 Å². The summed E-state index contributed by atoms with van der Waals surface area (Å²) in [6.45, 7) is 3.56. The lowest BCUT2D eigenvalue weighted by molar-refractivity contribution is -0.140. The molecule has 0 saturated heterocycles. The van der Waals surface area contributed by atoms with Crippen LogP contribution in [0.5, 0.6) is 0 Å². The van der Waals surface area contributed by atoms with Gasteiger partial charge in [-0.1, -0.05) is 128 Å². The Morgan fingerprint density at radius 1 is 0.639 bits per heavy atom. The highest BCUT2D eigenvalue weighted by atomic mass is 16.5. The molecule has 0 saturated carbocycles. The maximum atomic E-state index is 11.1. The van der Waals surface area contributed by atoms with Gasteiger partial charge in [-0.2, -0.15) is 0 Å². The van der Waals surface area contributed by atoms with Gasteiger partial charge in [0.1, 0.15) is 0 Å². The lowest BCUT2D eigenvalue weighted by atomic mass is 9.91. The third-order valence-electron chi connectivity index (χ3n) is 7.58. The number of hydrogen-bond acceptors (Lipinski definition) is 3. The number of ether oxygens (including phenoxy) is 1. The quantitative estimate of drug-likeness (QED) is 0.0599. The molecule has 3 nitrogen and oxygen atoms in total. The van der Waals surface area contributed by atoms with Gasteiger partial charge in [0.25, 0.3) is 0 Å². The fourth-order valence-corrected chi connectivity index (χ4v) is 5.07. The van der Waals surface area contributed by atoms with E-state index in [0.717, 1.165) is 25.2 Å². The van der Waals surface area contributed by atoms with E-state index in [4.69, 9.17) is 0 Å². The largest absolute Gasteiger partial charge is 0.469 e. The topological polar surface area (TPSA) is 29.5 Å². The van der Waals surface area contributed by atoms with Crippen LogP contribution in [0.3, 0.4) is 0 Å². The van der Waals surface area contributed by atoms with E-state index in [-0.39, 0.29) is 5.97 Å². The third kappa shape index (κ3) is 27.8. The predicted molar refractivity (Wildman–Crippen MR) is 160 cm³/mol. The first-order valence-corrected chi connectivity index (χ1v) is 16.0. The first-order chi connectivity index (χ1) is 17.6. The van der Waals surface area contributed by atoms with Gasteiger partial charge in [-0.3, -0.25) is 4.79 Å². The molecule has 0 radical (unpaired) electrons. The van der Waals surface area contributed by atoms with Gasteiger partial charge < -0.3 is 9.64 Å². The molecule has 0 rings (SSSR count). The molecule has 0 bridgehead atoms. The molecule has 1 unspecified atom stereocenters. The van der Waals surface area contributed by atoms with Gasteiger partial charge in [0, 0.05) is 6.42 Å². The minimum Gasteiger partial charge on any atom is -0.469 e. The number of unbranched alkanes of at least 4 members (excludes halogenated alkanes) is 17. The summed E-state index contributed by atoms with van der Waals surface area (Å²) in [5.41, 5.74) is 0. The molecule has 0 aliphatic rings. The van der Waals surface area contributed by atoms with Crippen molar-refractivity contribution in [3.05, 3.63) is 12.2 Å². The van der Waals surface area contributed by atoms with E-state index < -0.39 is 0 Å². The standard InChI is InChI=1S/C33H65NO2/c1-5-6-7-8-18-21-24-27-32(30-31-34(2)3)28-25-22-19-16-14-12-10-9-11-13-15-17-20-23-26-29-33(35)36-4/h13,15,32H,5-12,14,16-31H2,1-4H3/b15-13-. The van der Waals surface area contributed by atoms with Crippen LogP contribution < -0.4 is 0 Å². The maximum Gasteiger partial charge on any atom is 0.305 e. The van der Waals surface area contributed by atoms with Gasteiger partial charge in [0.05, 0.1) is 7.11 Å². The predicted octanol–water partition coefficient (Wildman–Crippen LogP) is 10.3. The van der Waals surface area contributed by atoms with Crippen molar-refractivity contribution in [1.29, 1.82) is 0 Å². The number of rotatable bonds is 28. The number of carbonyl (C=O) groups excluding carboxylic acids is 1. The minimum absolute atomic E-state index is 0.0797. The van der Waals surface area contributed by atoms with Crippen molar-refractivity contribution in [1.82, 2.24) is 4.90 Å². The van der Waals surface area contributed by atoms with E-state index >= 15 is 0 Å². The van der Waals surface area contributed by atoms with Gasteiger partial charge in [-0.15, -0.1) is 0 Å². The summed E-state index contributed by atoms with van der Waals surface area (Å²) < 4.78 is 4.67. The van der Waals surface area contributed by atoms with Crippen LogP contribution in [-0.2, 0) is 9.53 Å². The van der Waals surface area contributed by atoms with Gasteiger partial charge in [0.2, 0.25) is 0 Å². The molecule has 0 aromatic heterocycles. The maximum absolute atomic E-state index is 11.1. The SMILES string of the molecule is CCCCCCCCCC(CCCCCCCCCC/C=C\CCCCCC(=O)OC)CCN(C)C. The fourth-order valence-electron chi connectivity index (χ4n) is 5.07. The number of esters is 1. The summed E-state index contributed by atoms with van der Waals surface area (Å²) >= 11 is 0. The van der Waals surface area contributed by atoms with Crippen molar-refractivity contribution in [2.45, 2.75) is 161 Å². The highest BCUT2D eigenvalue weighted by molar-refractivity contribution is 5.68. The van der Waals surface area contributed by atoms with Gasteiger partial charge in [-0.25, -0.2) is 0 Å². The Balaban J connectivity index is 3.56. The average Bonchev–Trinajstić information content (AvgIpc) is 2.87. The molecule has 0 aliphatic heterocycles. The average molecular weight is 508 g/mol. The van der Waals surface area contributed by atoms with Crippen LogP contribution in [0, 0.1) is 5.92 Å². The fraction of sp³-hybridized carbons (Fsp3) is 0.909. The zero-order valence-electron chi connectivity index (χ0n) is 25.2. The molecule has 0 aromatic rings. The van der Waals surface area contributed by atoms with Crippen LogP contribution in [0.4, 0.5) is 0 Å². The molecule has 0 spiro atoms. The molecule has 0 heterocycles. The second-order valence-corrected chi connectivity index (χ2v) is 11.4. The Bertz CT molecular complexity index is 474. The van der Waals surface area contributed by atoms with Crippen LogP contribution in [0.25, 0.3) is 0 Å². The molecular weight excluding hydrogens is 442 g/mol. The smallest absolute Gasteiger partial charge is 0.305 e. The summed E-state index contributed by atoms with van der Waals surface area (Å²) in [5.74, 6) is 0.875. The van der Waals surface area contributed by atoms with E-state index in [2.05, 4.69) is 42.8 Å². The molecule has 214 valence electrons. The lowest BCUT2D eigenvalue weighted by Crippen LogP contribution is -2.17. The minimum atomic E-state index is -0.0797. The van der Waals surface area contributed by atoms with Crippen LogP contribution in [0.1, 0.15) is 161 Å². The second kappa shape index (κ2) is 28.7. The molecule has 0 fully saturated rings. The molecule has 0 N–H and O–H groups in total. The molecule has 3 heteroatoms. The van der Waals surface area contributed by atoms with E-state index in [9.17, 15) is 4.79 Å². The Labute approximate surface area is 227 Å². The van der Waals surface area contributed by atoms with E-state index in [1.165, 1.54) is 142 Å². The van der Waals surface area contributed by atoms with Crippen molar-refractivity contribution >= 4 is 5.97 Å². The van der Waals surface area contributed by atoms with E-state index in [1.807, 2.05) is 0 Å². The number of carbonyl (C=O) groups is 1. The highest BCUT2D eigenvalue weighted by Gasteiger charge is 2.09. The van der Waals surface area contributed by atoms with Crippen molar-refractivity contribution in [3.8, 4) is 0 Å². The number of allylic oxidation sites excluding steroid dienone is 2. The Morgan fingerprint density at radius 2 is 1.08 bits per heavy atom. The number of hydrogen-bond donors (Lipinski definition) is 0. The van der Waals surface area contributed by atoms with Crippen LogP contribution in [-0.4, -0.2) is 38.6 Å². The molecule has 0 amide bonds. The normalized spacial score (nSPS) is 12.6. The summed E-state index contributed by atoms with van der Waals surface area (Å²) in [4.78, 5) is 13.4. The second-order valence-electron chi connectivity index (χ2n) is 11.4. The van der Waals surface area contributed by atoms with Crippen molar-refractivity contribution in [2.24, 2.45) is 5.92 Å². The molecule has 0 aromatic carbocycles. The molecule has 1 atom stereocenters. The lowest BCUT2D eigenvalue weighted by Gasteiger charge is -2.19. The van der Waals surface area contributed by atoms with Gasteiger partial charge in [-0.05, 0) is 65.1 Å². The van der Waals surface area contributed by atoms with Crippen LogP contribution >= 0.6 is 0 Å². The third-order valence-corrected chi connectivity index (χ3v) is 7.58. The zero-order chi connectivity index (χ0) is 26.5. The van der Waals surface area contributed by atoms with Crippen LogP contribution in [0.15, 0.2) is 12.2 Å². The first-order valence-electron chi connectivity index (χ1n) is 16.0. The van der Waals surface area contributed by atoms with Crippen molar-refractivity contribution < 1.29 is 9.53 Å². The molecular formula is C33H65NO2. The van der Waals surface area contributed by atoms with E-state index in [1.54, 1.807) is 0 Å². The Kier molecular flexibility index (Phi) is 28.1. The Morgan fingerprint density at radius 3 is 1.56 bits per heavy atom. The van der Waals surface area contributed by atoms with E-state index in [0.29, 0.717) is 6.42 Å². The van der Waals surface area contributed by atoms with Crippen LogP contribution in [0.2, 0.25) is 0 Å². The van der Waals surface area contributed by atoms with Crippen molar-refractivity contribution in [2.75, 3.05) is 27.7 Å². The first kappa shape index (κ1) is 35.2. The van der Waals surface area contributed by atoms with Gasteiger partial charge in [0.15, 0.2) is 0 Å². The van der Waals surface area contributed by atoms with Gasteiger partial charge >= 0.3 is 5.97 Å². The number of nitrogens with zero attached hydrogens (tertiary/aromatic N) is 1. The highest BCUT2D eigenvalue weighted by Crippen LogP contribution is 2.22. The molecule has 36 heavy (non-hydrogen) atoms. The molecule has 0 aliphatic carbocycles. The summed E-state index contributed by atoms with van der Waals surface area (Å²) in [6, 6.07) is 0. The Hall–Kier alpha value is -0.830. The monoisotopic (exact) mass is 508 g/mol. The summed E-state index contributed by atoms with van der Waals surface area (Å²) in [5, 5.41) is 0. The summed E-state index contributed by atoms with van der Waals surface area (Å²) in [6.07, 6.45) is 36.6. The zero-order valence-corrected chi connectivity index (χ0v) is 25.2. The number of methoxy groups -OCH3 is 1.